The van der Waals surface area contributed by atoms with Crippen LogP contribution in [0.5, 0.6) is 0 Å². The van der Waals surface area contributed by atoms with Crippen LogP contribution in [-0.2, 0) is 11.2 Å². The van der Waals surface area contributed by atoms with E-state index in [1.165, 1.54) is 33.4 Å². The highest BCUT2D eigenvalue weighted by Crippen LogP contribution is 2.44. The number of benzene rings is 3. The van der Waals surface area contributed by atoms with Crippen molar-refractivity contribution in [2.75, 3.05) is 6.61 Å². The maximum absolute atomic E-state index is 6.62. The third-order valence-corrected chi connectivity index (χ3v) is 11.5. The van der Waals surface area contributed by atoms with Gasteiger partial charge in [-0.15, -0.1) is 0 Å². The molecule has 1 aliphatic rings. The zero-order valence-corrected chi connectivity index (χ0v) is 29.7. The second-order valence-corrected chi connectivity index (χ2v) is 14.0. The Morgan fingerprint density at radius 1 is 0.667 bits per heavy atom. The zero-order valence-electron chi connectivity index (χ0n) is 29.7. The fraction of sp³-hybridized carbons (Fsp3) is 0.500. The summed E-state index contributed by atoms with van der Waals surface area (Å²) in [6, 6.07) is 27.5. The van der Waals surface area contributed by atoms with Crippen molar-refractivity contribution in [1.29, 1.82) is 0 Å². The molecule has 3 aromatic rings. The minimum Gasteiger partial charge on any atom is -0.375 e. The van der Waals surface area contributed by atoms with E-state index in [2.05, 4.69) is 146 Å². The molecule has 0 aromatic heterocycles. The minimum atomic E-state index is -0.0345. The number of ether oxygens (including phenoxy) is 1. The molecule has 1 aliphatic carbocycles. The Balaban J connectivity index is 1.89. The van der Waals surface area contributed by atoms with E-state index in [1.807, 2.05) is 0 Å². The molecule has 0 amide bonds. The highest BCUT2D eigenvalue weighted by Gasteiger charge is 2.33. The fourth-order valence-electron chi connectivity index (χ4n) is 7.24. The summed E-state index contributed by atoms with van der Waals surface area (Å²) in [4.78, 5) is 0. The monoisotopic (exact) mass is 604 g/mol. The van der Waals surface area contributed by atoms with E-state index in [0.29, 0.717) is 17.8 Å². The lowest BCUT2D eigenvalue weighted by Gasteiger charge is -2.37. The van der Waals surface area contributed by atoms with Gasteiger partial charge < -0.3 is 4.74 Å². The summed E-state index contributed by atoms with van der Waals surface area (Å²) < 4.78 is 6.62. The Hall–Kier alpha value is -2.90. The van der Waals surface area contributed by atoms with Gasteiger partial charge in [0.2, 0.25) is 0 Å². The van der Waals surface area contributed by atoms with Crippen molar-refractivity contribution in [3.63, 3.8) is 0 Å². The predicted molar refractivity (Wildman–Crippen MR) is 196 cm³/mol. The Morgan fingerprint density at radius 3 is 1.64 bits per heavy atom. The quantitative estimate of drug-likeness (QED) is 0.158. The molecular weight excluding hydrogens is 544 g/mol. The molecule has 0 saturated heterocycles. The van der Waals surface area contributed by atoms with Gasteiger partial charge >= 0.3 is 0 Å². The molecule has 0 N–H and O–H groups in total. The lowest BCUT2D eigenvalue weighted by Crippen LogP contribution is -2.31. The van der Waals surface area contributed by atoms with Crippen LogP contribution in [0, 0.1) is 5.41 Å². The number of hydrogen-bond donors (Lipinski definition) is 0. The maximum atomic E-state index is 6.62. The second-order valence-electron chi connectivity index (χ2n) is 14.0. The molecule has 0 bridgehead atoms. The molecule has 1 heteroatoms. The van der Waals surface area contributed by atoms with Crippen molar-refractivity contribution in [2.24, 2.45) is 5.41 Å². The lowest BCUT2D eigenvalue weighted by molar-refractivity contribution is -0.0503. The first kappa shape index (κ1) is 35.0. The van der Waals surface area contributed by atoms with Crippen LogP contribution in [-0.4, -0.2) is 12.2 Å². The van der Waals surface area contributed by atoms with Crippen LogP contribution in [0.2, 0.25) is 0 Å². The van der Waals surface area contributed by atoms with Crippen LogP contribution in [0.1, 0.15) is 151 Å². The molecule has 0 saturated carbocycles. The van der Waals surface area contributed by atoms with Gasteiger partial charge in [0.1, 0.15) is 0 Å². The molecule has 4 rings (SSSR count). The average molecular weight is 605 g/mol. The van der Waals surface area contributed by atoms with Crippen molar-refractivity contribution in [3.05, 3.63) is 130 Å². The van der Waals surface area contributed by atoms with Crippen LogP contribution in [0.15, 0.2) is 96.6 Å². The van der Waals surface area contributed by atoms with Crippen LogP contribution < -0.4 is 0 Å². The van der Waals surface area contributed by atoms with Crippen LogP contribution in [0.25, 0.3) is 0 Å². The van der Waals surface area contributed by atoms with E-state index < -0.39 is 0 Å². The molecule has 0 spiro atoms. The number of hydrogen-bond acceptors (Lipinski definition) is 1. The molecule has 45 heavy (non-hydrogen) atoms. The van der Waals surface area contributed by atoms with Gasteiger partial charge in [-0.05, 0) is 89.8 Å². The normalized spacial score (nSPS) is 15.9. The van der Waals surface area contributed by atoms with Crippen LogP contribution in [0.3, 0.4) is 0 Å². The second kappa shape index (κ2) is 16.1. The van der Waals surface area contributed by atoms with Gasteiger partial charge in [-0.1, -0.05) is 152 Å². The first-order valence-corrected chi connectivity index (χ1v) is 18.0. The first-order valence-electron chi connectivity index (χ1n) is 18.0. The van der Waals surface area contributed by atoms with Gasteiger partial charge in [0, 0.05) is 24.4 Å². The molecule has 0 heterocycles. The topological polar surface area (TPSA) is 9.23 Å². The van der Waals surface area contributed by atoms with Gasteiger partial charge in [-0.25, -0.2) is 0 Å². The van der Waals surface area contributed by atoms with Gasteiger partial charge in [0.25, 0.3) is 0 Å². The van der Waals surface area contributed by atoms with Gasteiger partial charge in [0.05, 0.1) is 5.60 Å². The van der Waals surface area contributed by atoms with Crippen molar-refractivity contribution in [2.45, 2.75) is 130 Å². The predicted octanol–water partition coefficient (Wildman–Crippen LogP) is 12.7. The summed E-state index contributed by atoms with van der Waals surface area (Å²) in [6.45, 7) is 19.7. The average Bonchev–Trinajstić information content (AvgIpc) is 3.11. The number of allylic oxidation sites excluding steroid dienone is 4. The summed E-state index contributed by atoms with van der Waals surface area (Å²) in [5.41, 5.74) is 10.4. The summed E-state index contributed by atoms with van der Waals surface area (Å²) in [6.07, 6.45) is 16.0. The Kier molecular flexibility index (Phi) is 12.5. The SMILES string of the molecule is CCC(CC)(CCOC(C)(CC)CC)Cc1c([C@H](C)c2ccccc2)cc([C@H](C)C2=CCCC=C2)cc1[C@@H](C)c1ccccc1. The van der Waals surface area contributed by atoms with E-state index in [9.17, 15) is 0 Å². The Bertz CT molecular complexity index is 1320. The smallest absolute Gasteiger partial charge is 0.0649 e. The molecule has 0 unspecified atom stereocenters. The van der Waals surface area contributed by atoms with E-state index in [0.717, 1.165) is 58.0 Å². The minimum absolute atomic E-state index is 0.0345. The fourth-order valence-corrected chi connectivity index (χ4v) is 7.24. The Morgan fingerprint density at radius 2 is 1.20 bits per heavy atom. The van der Waals surface area contributed by atoms with Crippen LogP contribution >= 0.6 is 0 Å². The van der Waals surface area contributed by atoms with Gasteiger partial charge in [-0.3, -0.25) is 0 Å². The molecule has 3 aromatic carbocycles. The molecule has 0 aliphatic heterocycles. The molecule has 242 valence electrons. The van der Waals surface area contributed by atoms with Crippen molar-refractivity contribution in [3.8, 4) is 0 Å². The molecule has 0 radical (unpaired) electrons. The van der Waals surface area contributed by atoms with Crippen molar-refractivity contribution in [1.82, 2.24) is 0 Å². The third-order valence-electron chi connectivity index (χ3n) is 11.5. The largest absolute Gasteiger partial charge is 0.375 e. The van der Waals surface area contributed by atoms with E-state index in [4.69, 9.17) is 4.74 Å². The molecule has 0 fully saturated rings. The highest BCUT2D eigenvalue weighted by atomic mass is 16.5. The first-order chi connectivity index (χ1) is 21.7. The van der Waals surface area contributed by atoms with Crippen molar-refractivity contribution >= 4 is 0 Å². The molecule has 1 nitrogen and oxygen atoms in total. The third kappa shape index (κ3) is 8.48. The summed E-state index contributed by atoms with van der Waals surface area (Å²) in [7, 11) is 0. The van der Waals surface area contributed by atoms with E-state index in [-0.39, 0.29) is 11.0 Å². The van der Waals surface area contributed by atoms with E-state index in [1.54, 1.807) is 5.56 Å². The van der Waals surface area contributed by atoms with Crippen LogP contribution in [0.4, 0.5) is 0 Å². The molecule has 3 atom stereocenters. The summed E-state index contributed by atoms with van der Waals surface area (Å²) in [5.74, 6) is 0.962. The molecular formula is C44H60O. The highest BCUT2D eigenvalue weighted by molar-refractivity contribution is 5.51. The standard InChI is InChI=1S/C44H60O/c1-9-43(8,10-2)45-29-28-44(11-3,12-4)32-42-40(34(6)37-24-18-14-19-25-37)30-39(33(5)36-22-16-13-17-23-36)31-41(42)35(7)38-26-20-15-21-27-38/h14-16,18-27,30-31,33-35H,9-13,17,28-29,32H2,1-8H3/t33-,34-,35+/m1/s1. The van der Waals surface area contributed by atoms with Crippen molar-refractivity contribution < 1.29 is 4.74 Å². The maximum Gasteiger partial charge on any atom is 0.0649 e. The van der Waals surface area contributed by atoms with E-state index >= 15 is 0 Å². The number of rotatable bonds is 16. The summed E-state index contributed by atoms with van der Waals surface area (Å²) in [5, 5.41) is 0. The summed E-state index contributed by atoms with van der Waals surface area (Å²) >= 11 is 0. The Labute approximate surface area is 276 Å². The zero-order chi connectivity index (χ0) is 32.5. The van der Waals surface area contributed by atoms with Gasteiger partial charge in [-0.2, -0.15) is 0 Å². The van der Waals surface area contributed by atoms with Gasteiger partial charge in [0.15, 0.2) is 0 Å². The lowest BCUT2D eigenvalue weighted by atomic mass is 9.69.